The molecule has 152 valence electrons. The summed E-state index contributed by atoms with van der Waals surface area (Å²) in [4.78, 5) is 10.7. The van der Waals surface area contributed by atoms with Crippen LogP contribution in [0.25, 0.3) is 5.82 Å². The first-order chi connectivity index (χ1) is 13.9. The van der Waals surface area contributed by atoms with E-state index in [0.717, 1.165) is 22.6 Å². The molecule has 1 aliphatic rings. The van der Waals surface area contributed by atoms with Crippen molar-refractivity contribution in [3.8, 4) is 5.82 Å². The first kappa shape index (κ1) is 19.5. The fraction of sp³-hybridized carbons (Fsp3) is 0.350. The smallest absolute Gasteiger partial charge is 0.218 e. The number of nitrogens with zero attached hydrogens (tertiary/aromatic N) is 6. The SMILES string of the molecule is Cc1ccc(CS(=O)(=O)N2CCN(c3cc(-n4ccc(C)n4)ncn3)CC2)cc1. The van der Waals surface area contributed by atoms with Crippen LogP contribution in [-0.4, -0.2) is 58.7 Å². The van der Waals surface area contributed by atoms with Crippen LogP contribution >= 0.6 is 0 Å². The van der Waals surface area contributed by atoms with Crippen LogP contribution in [0.5, 0.6) is 0 Å². The van der Waals surface area contributed by atoms with E-state index >= 15 is 0 Å². The Morgan fingerprint density at radius 1 is 0.931 bits per heavy atom. The Bertz CT molecular complexity index is 1090. The van der Waals surface area contributed by atoms with Gasteiger partial charge in [0.1, 0.15) is 12.1 Å². The molecule has 0 atom stereocenters. The molecule has 1 saturated heterocycles. The number of piperazine rings is 1. The van der Waals surface area contributed by atoms with Crippen molar-refractivity contribution in [3.63, 3.8) is 0 Å². The van der Waals surface area contributed by atoms with Crippen LogP contribution in [-0.2, 0) is 15.8 Å². The van der Waals surface area contributed by atoms with Gasteiger partial charge in [0.15, 0.2) is 5.82 Å². The second kappa shape index (κ2) is 7.92. The summed E-state index contributed by atoms with van der Waals surface area (Å²) in [6, 6.07) is 11.4. The van der Waals surface area contributed by atoms with Crippen molar-refractivity contribution in [1.29, 1.82) is 0 Å². The fourth-order valence-corrected chi connectivity index (χ4v) is 4.88. The number of hydrogen-bond acceptors (Lipinski definition) is 6. The predicted octanol–water partition coefficient (Wildman–Crippen LogP) is 1.93. The van der Waals surface area contributed by atoms with Crippen molar-refractivity contribution in [2.45, 2.75) is 19.6 Å². The normalized spacial score (nSPS) is 15.6. The summed E-state index contributed by atoms with van der Waals surface area (Å²) in [5.74, 6) is 1.50. The lowest BCUT2D eigenvalue weighted by Crippen LogP contribution is -2.49. The van der Waals surface area contributed by atoms with Crippen LogP contribution in [0.15, 0.2) is 48.9 Å². The van der Waals surface area contributed by atoms with Crippen molar-refractivity contribution in [2.24, 2.45) is 0 Å². The van der Waals surface area contributed by atoms with Gasteiger partial charge in [0.25, 0.3) is 0 Å². The van der Waals surface area contributed by atoms with E-state index in [4.69, 9.17) is 0 Å². The van der Waals surface area contributed by atoms with E-state index in [0.29, 0.717) is 32.0 Å². The molecule has 0 radical (unpaired) electrons. The number of hydrogen-bond donors (Lipinski definition) is 0. The van der Waals surface area contributed by atoms with Gasteiger partial charge in [-0.25, -0.2) is 23.1 Å². The van der Waals surface area contributed by atoms with E-state index in [1.807, 2.05) is 56.4 Å². The Kier molecular flexibility index (Phi) is 5.33. The van der Waals surface area contributed by atoms with Gasteiger partial charge in [0, 0.05) is 38.4 Å². The molecule has 0 saturated carbocycles. The number of aryl methyl sites for hydroxylation is 2. The van der Waals surface area contributed by atoms with Gasteiger partial charge >= 0.3 is 0 Å². The zero-order valence-electron chi connectivity index (χ0n) is 16.6. The molecule has 9 heteroatoms. The Morgan fingerprint density at radius 2 is 1.62 bits per heavy atom. The molecule has 1 aromatic carbocycles. The number of benzene rings is 1. The summed E-state index contributed by atoms with van der Waals surface area (Å²) in [6.45, 7) is 5.96. The quantitative estimate of drug-likeness (QED) is 0.637. The first-order valence-electron chi connectivity index (χ1n) is 9.54. The molecule has 0 spiro atoms. The molecule has 4 rings (SSSR count). The standard InChI is InChI=1S/C20H24N6O2S/c1-16-3-5-18(6-4-16)14-29(27,28)25-11-9-24(10-12-25)19-13-20(22-15-21-19)26-8-7-17(2)23-26/h3-8,13,15H,9-12,14H2,1-2H3. The first-order valence-corrected chi connectivity index (χ1v) is 11.1. The van der Waals surface area contributed by atoms with Gasteiger partial charge in [0.05, 0.1) is 11.4 Å². The van der Waals surface area contributed by atoms with Gasteiger partial charge in [0.2, 0.25) is 10.0 Å². The minimum atomic E-state index is -3.34. The zero-order chi connectivity index (χ0) is 20.4. The topological polar surface area (TPSA) is 84.2 Å². The number of aromatic nitrogens is 4. The van der Waals surface area contributed by atoms with Gasteiger partial charge in [-0.15, -0.1) is 0 Å². The highest BCUT2D eigenvalue weighted by Gasteiger charge is 2.27. The largest absolute Gasteiger partial charge is 0.354 e. The molecule has 0 amide bonds. The van der Waals surface area contributed by atoms with Crippen molar-refractivity contribution in [2.75, 3.05) is 31.1 Å². The summed E-state index contributed by atoms with van der Waals surface area (Å²) < 4.78 is 28.9. The zero-order valence-corrected chi connectivity index (χ0v) is 17.4. The third-order valence-electron chi connectivity index (χ3n) is 5.02. The highest BCUT2D eigenvalue weighted by molar-refractivity contribution is 7.88. The van der Waals surface area contributed by atoms with Crippen LogP contribution < -0.4 is 4.90 Å². The number of anilines is 1. The molecule has 0 bridgehead atoms. The van der Waals surface area contributed by atoms with E-state index in [1.54, 1.807) is 8.99 Å². The molecule has 0 aliphatic carbocycles. The number of sulfonamides is 1. The molecule has 1 fully saturated rings. The lowest BCUT2D eigenvalue weighted by atomic mass is 10.2. The predicted molar refractivity (Wildman–Crippen MR) is 111 cm³/mol. The molecular formula is C20H24N6O2S. The second-order valence-electron chi connectivity index (χ2n) is 7.26. The monoisotopic (exact) mass is 412 g/mol. The van der Waals surface area contributed by atoms with Gasteiger partial charge < -0.3 is 4.90 Å². The summed E-state index contributed by atoms with van der Waals surface area (Å²) in [7, 11) is -3.34. The summed E-state index contributed by atoms with van der Waals surface area (Å²) >= 11 is 0. The molecule has 1 aliphatic heterocycles. The molecule has 3 heterocycles. The second-order valence-corrected chi connectivity index (χ2v) is 9.23. The fourth-order valence-electron chi connectivity index (χ4n) is 3.36. The van der Waals surface area contributed by atoms with Crippen molar-refractivity contribution in [3.05, 3.63) is 65.7 Å². The van der Waals surface area contributed by atoms with Crippen molar-refractivity contribution in [1.82, 2.24) is 24.1 Å². The molecule has 0 unspecified atom stereocenters. The minimum absolute atomic E-state index is 0.0313. The van der Waals surface area contributed by atoms with E-state index in [2.05, 4.69) is 20.0 Å². The Hall–Kier alpha value is -2.78. The summed E-state index contributed by atoms with van der Waals surface area (Å²) in [5, 5.41) is 4.38. The van der Waals surface area contributed by atoms with Crippen molar-refractivity contribution < 1.29 is 8.42 Å². The Labute approximate surface area is 170 Å². The average molecular weight is 413 g/mol. The van der Waals surface area contributed by atoms with Crippen LogP contribution in [0.3, 0.4) is 0 Å². The summed E-state index contributed by atoms with van der Waals surface area (Å²) in [6.07, 6.45) is 3.37. The van der Waals surface area contributed by atoms with Crippen LogP contribution in [0.1, 0.15) is 16.8 Å². The van der Waals surface area contributed by atoms with Crippen LogP contribution in [0.4, 0.5) is 5.82 Å². The van der Waals surface area contributed by atoms with Crippen LogP contribution in [0, 0.1) is 13.8 Å². The van der Waals surface area contributed by atoms with Gasteiger partial charge in [-0.05, 0) is 25.5 Å². The van der Waals surface area contributed by atoms with E-state index < -0.39 is 10.0 Å². The lowest BCUT2D eigenvalue weighted by Gasteiger charge is -2.34. The Morgan fingerprint density at radius 3 is 2.28 bits per heavy atom. The summed E-state index contributed by atoms with van der Waals surface area (Å²) in [5.41, 5.74) is 2.85. The molecule has 2 aromatic heterocycles. The maximum atomic E-state index is 12.8. The van der Waals surface area contributed by atoms with Crippen LogP contribution in [0.2, 0.25) is 0 Å². The van der Waals surface area contributed by atoms with Gasteiger partial charge in [-0.2, -0.15) is 9.40 Å². The van der Waals surface area contributed by atoms with E-state index in [9.17, 15) is 8.42 Å². The van der Waals surface area contributed by atoms with E-state index in [-0.39, 0.29) is 5.75 Å². The highest BCUT2D eigenvalue weighted by atomic mass is 32.2. The third kappa shape index (κ3) is 4.46. The highest BCUT2D eigenvalue weighted by Crippen LogP contribution is 2.19. The molecular weight excluding hydrogens is 388 g/mol. The minimum Gasteiger partial charge on any atom is -0.354 e. The number of rotatable bonds is 5. The van der Waals surface area contributed by atoms with Crippen molar-refractivity contribution >= 4 is 15.8 Å². The Balaban J connectivity index is 1.42. The molecule has 29 heavy (non-hydrogen) atoms. The average Bonchev–Trinajstić information content (AvgIpc) is 3.16. The maximum Gasteiger partial charge on any atom is 0.218 e. The van der Waals surface area contributed by atoms with Gasteiger partial charge in [-0.1, -0.05) is 29.8 Å². The molecule has 0 N–H and O–H groups in total. The maximum absolute atomic E-state index is 12.8. The molecule has 8 nitrogen and oxygen atoms in total. The molecule has 3 aromatic rings. The van der Waals surface area contributed by atoms with E-state index in [1.165, 1.54) is 6.33 Å². The lowest BCUT2D eigenvalue weighted by molar-refractivity contribution is 0.383. The van der Waals surface area contributed by atoms with Gasteiger partial charge in [-0.3, -0.25) is 0 Å². The third-order valence-corrected chi connectivity index (χ3v) is 6.87.